The van der Waals surface area contributed by atoms with Crippen LogP contribution in [0.4, 0.5) is 13.2 Å². The fraction of sp³-hybridized carbons (Fsp3) is 0.562. The Balaban J connectivity index is 2.07. The second-order valence-electron chi connectivity index (χ2n) is 5.93. The van der Waals surface area contributed by atoms with Gasteiger partial charge in [-0.2, -0.15) is 13.2 Å². The summed E-state index contributed by atoms with van der Waals surface area (Å²) in [6.07, 6.45) is -2.57. The molecule has 1 fully saturated rings. The van der Waals surface area contributed by atoms with Crippen LogP contribution < -0.4 is 5.32 Å². The topological polar surface area (TPSA) is 32.3 Å². The van der Waals surface area contributed by atoms with E-state index >= 15 is 0 Å². The van der Waals surface area contributed by atoms with Crippen LogP contribution in [0.1, 0.15) is 36.4 Å². The lowest BCUT2D eigenvalue weighted by Gasteiger charge is -2.24. The van der Waals surface area contributed by atoms with Gasteiger partial charge in [0.25, 0.3) is 0 Å². The molecule has 2 atom stereocenters. The lowest BCUT2D eigenvalue weighted by molar-refractivity contribution is -0.163. The second kappa shape index (κ2) is 6.69. The number of rotatable bonds is 4. The minimum Gasteiger partial charge on any atom is -0.341 e. The minimum atomic E-state index is -4.51. The summed E-state index contributed by atoms with van der Waals surface area (Å²) in [5, 5.41) is 2.15. The van der Waals surface area contributed by atoms with Crippen molar-refractivity contribution in [3.63, 3.8) is 0 Å². The number of benzene rings is 1. The lowest BCUT2D eigenvalue weighted by atomic mass is 10.0. The maximum atomic E-state index is 13.2. The van der Waals surface area contributed by atoms with E-state index in [1.807, 2.05) is 11.9 Å². The Morgan fingerprint density at radius 2 is 2.00 bits per heavy atom. The monoisotopic (exact) mass is 314 g/mol. The van der Waals surface area contributed by atoms with Crippen molar-refractivity contribution in [1.82, 2.24) is 10.2 Å². The summed E-state index contributed by atoms with van der Waals surface area (Å²) in [6, 6.07) is 4.14. The SMILES string of the molecule is Cc1ccc(C(NC(=O)CC2CCCN2C)C(F)(F)F)cc1. The molecule has 1 amide bonds. The molecule has 1 heterocycles. The number of amides is 1. The summed E-state index contributed by atoms with van der Waals surface area (Å²) in [5.41, 5.74) is 0.940. The first-order valence-corrected chi connectivity index (χ1v) is 7.40. The van der Waals surface area contributed by atoms with Crippen molar-refractivity contribution in [3.8, 4) is 0 Å². The number of carbonyl (C=O) groups is 1. The molecule has 3 nitrogen and oxygen atoms in total. The highest BCUT2D eigenvalue weighted by Gasteiger charge is 2.42. The van der Waals surface area contributed by atoms with Gasteiger partial charge in [-0.05, 0) is 38.9 Å². The van der Waals surface area contributed by atoms with Gasteiger partial charge < -0.3 is 10.2 Å². The van der Waals surface area contributed by atoms with E-state index < -0.39 is 18.1 Å². The Morgan fingerprint density at radius 3 is 2.50 bits per heavy atom. The number of hydrogen-bond acceptors (Lipinski definition) is 2. The number of aryl methyl sites for hydroxylation is 1. The van der Waals surface area contributed by atoms with Gasteiger partial charge in [-0.15, -0.1) is 0 Å². The van der Waals surface area contributed by atoms with E-state index in [1.165, 1.54) is 12.1 Å². The van der Waals surface area contributed by atoms with Crippen molar-refractivity contribution in [2.45, 2.75) is 44.4 Å². The average molecular weight is 314 g/mol. The molecular weight excluding hydrogens is 293 g/mol. The first kappa shape index (κ1) is 16.8. The molecule has 0 bridgehead atoms. The van der Waals surface area contributed by atoms with E-state index in [4.69, 9.17) is 0 Å². The van der Waals surface area contributed by atoms with Gasteiger partial charge in [0.05, 0.1) is 0 Å². The van der Waals surface area contributed by atoms with E-state index in [0.717, 1.165) is 24.9 Å². The Morgan fingerprint density at radius 1 is 1.36 bits per heavy atom. The van der Waals surface area contributed by atoms with E-state index in [1.54, 1.807) is 19.1 Å². The van der Waals surface area contributed by atoms with Gasteiger partial charge in [0.15, 0.2) is 6.04 Å². The molecule has 0 spiro atoms. The highest BCUT2D eigenvalue weighted by atomic mass is 19.4. The second-order valence-corrected chi connectivity index (χ2v) is 5.93. The van der Waals surface area contributed by atoms with E-state index in [0.29, 0.717) is 0 Å². The highest BCUT2D eigenvalue weighted by molar-refractivity contribution is 5.77. The third kappa shape index (κ3) is 4.22. The third-order valence-corrected chi connectivity index (χ3v) is 4.14. The van der Waals surface area contributed by atoms with Gasteiger partial charge in [-0.1, -0.05) is 29.8 Å². The average Bonchev–Trinajstić information content (AvgIpc) is 2.82. The maximum absolute atomic E-state index is 13.2. The molecule has 1 aromatic carbocycles. The van der Waals surface area contributed by atoms with Gasteiger partial charge in [-0.3, -0.25) is 4.79 Å². The van der Waals surface area contributed by atoms with E-state index in [-0.39, 0.29) is 18.0 Å². The van der Waals surface area contributed by atoms with E-state index in [9.17, 15) is 18.0 Å². The van der Waals surface area contributed by atoms with E-state index in [2.05, 4.69) is 5.32 Å². The van der Waals surface area contributed by atoms with Crippen LogP contribution in [0.15, 0.2) is 24.3 Å². The molecule has 0 saturated carbocycles. The fourth-order valence-electron chi connectivity index (χ4n) is 2.78. The number of nitrogens with zero attached hydrogens (tertiary/aromatic N) is 1. The normalized spacial score (nSPS) is 20.9. The number of likely N-dealkylation sites (tertiary alicyclic amines) is 1. The van der Waals surface area contributed by atoms with Crippen molar-refractivity contribution in [1.29, 1.82) is 0 Å². The zero-order chi connectivity index (χ0) is 16.3. The Hall–Kier alpha value is -1.56. The Kier molecular flexibility index (Phi) is 5.11. The summed E-state index contributed by atoms with van der Waals surface area (Å²) in [6.45, 7) is 2.69. The van der Waals surface area contributed by atoms with Crippen LogP contribution in [0.3, 0.4) is 0 Å². The first-order valence-electron chi connectivity index (χ1n) is 7.40. The minimum absolute atomic E-state index is 0.0342. The molecule has 122 valence electrons. The Bertz CT molecular complexity index is 513. The maximum Gasteiger partial charge on any atom is 0.412 e. The number of alkyl halides is 3. The van der Waals surface area contributed by atoms with Gasteiger partial charge in [0.2, 0.25) is 5.91 Å². The summed E-state index contributed by atoms with van der Waals surface area (Å²) in [5.74, 6) is -0.554. The molecule has 2 unspecified atom stereocenters. The molecule has 2 rings (SSSR count). The largest absolute Gasteiger partial charge is 0.412 e. The summed E-state index contributed by atoms with van der Waals surface area (Å²) in [7, 11) is 1.90. The molecule has 0 radical (unpaired) electrons. The van der Waals surface area contributed by atoms with Crippen LogP contribution in [0, 0.1) is 6.92 Å². The lowest BCUT2D eigenvalue weighted by Crippen LogP contribution is -2.40. The highest BCUT2D eigenvalue weighted by Crippen LogP contribution is 2.33. The molecule has 1 aliphatic rings. The van der Waals surface area contributed by atoms with Crippen molar-refractivity contribution in [2.75, 3.05) is 13.6 Å². The summed E-state index contributed by atoms with van der Waals surface area (Å²) >= 11 is 0. The van der Waals surface area contributed by atoms with Crippen LogP contribution in [0.25, 0.3) is 0 Å². The van der Waals surface area contributed by atoms with Crippen molar-refractivity contribution < 1.29 is 18.0 Å². The number of halogens is 3. The Labute approximate surface area is 128 Å². The first-order chi connectivity index (χ1) is 10.3. The molecule has 0 aliphatic carbocycles. The molecule has 1 N–H and O–H groups in total. The molecule has 22 heavy (non-hydrogen) atoms. The summed E-state index contributed by atoms with van der Waals surface area (Å²) < 4.78 is 39.7. The molecule has 1 saturated heterocycles. The zero-order valence-corrected chi connectivity index (χ0v) is 12.8. The molecule has 6 heteroatoms. The smallest absolute Gasteiger partial charge is 0.341 e. The van der Waals surface area contributed by atoms with Crippen molar-refractivity contribution >= 4 is 5.91 Å². The van der Waals surface area contributed by atoms with Gasteiger partial charge in [-0.25, -0.2) is 0 Å². The fourth-order valence-corrected chi connectivity index (χ4v) is 2.78. The molecular formula is C16H21F3N2O. The third-order valence-electron chi connectivity index (χ3n) is 4.14. The predicted molar refractivity (Wildman–Crippen MR) is 78.4 cm³/mol. The van der Waals surface area contributed by atoms with Crippen LogP contribution in [0.2, 0.25) is 0 Å². The van der Waals surface area contributed by atoms with Crippen LogP contribution in [-0.4, -0.2) is 36.6 Å². The van der Waals surface area contributed by atoms with Gasteiger partial charge in [0, 0.05) is 12.5 Å². The van der Waals surface area contributed by atoms with Gasteiger partial charge >= 0.3 is 6.18 Å². The van der Waals surface area contributed by atoms with Crippen LogP contribution >= 0.6 is 0 Å². The zero-order valence-electron chi connectivity index (χ0n) is 12.8. The quantitative estimate of drug-likeness (QED) is 0.925. The molecule has 1 aliphatic heterocycles. The van der Waals surface area contributed by atoms with Crippen LogP contribution in [0.5, 0.6) is 0 Å². The number of nitrogens with one attached hydrogen (secondary N) is 1. The van der Waals surface area contributed by atoms with Crippen LogP contribution in [-0.2, 0) is 4.79 Å². The molecule has 0 aromatic heterocycles. The number of carbonyl (C=O) groups excluding carboxylic acids is 1. The van der Waals surface area contributed by atoms with Gasteiger partial charge in [0.1, 0.15) is 0 Å². The predicted octanol–water partition coefficient (Wildman–Crippen LogP) is 3.20. The van der Waals surface area contributed by atoms with Crippen molar-refractivity contribution in [2.24, 2.45) is 0 Å². The number of hydrogen-bond donors (Lipinski definition) is 1. The summed E-state index contributed by atoms with van der Waals surface area (Å²) in [4.78, 5) is 14.0. The molecule has 1 aromatic rings. The standard InChI is InChI=1S/C16H21F3N2O/c1-11-5-7-12(8-6-11)15(16(17,18)19)20-14(22)10-13-4-3-9-21(13)2/h5-8,13,15H,3-4,9-10H2,1-2H3,(H,20,22). The van der Waals surface area contributed by atoms with Crippen molar-refractivity contribution in [3.05, 3.63) is 35.4 Å².